The van der Waals surface area contributed by atoms with E-state index in [9.17, 15) is 9.90 Å². The zero-order valence-electron chi connectivity index (χ0n) is 17.2. The number of esters is 1. The molecule has 0 aliphatic heterocycles. The van der Waals surface area contributed by atoms with Crippen molar-refractivity contribution >= 4 is 5.97 Å². The molecule has 3 nitrogen and oxygen atoms in total. The van der Waals surface area contributed by atoms with Gasteiger partial charge in [-0.05, 0) is 92.4 Å². The first-order valence-corrected chi connectivity index (χ1v) is 11.6. The van der Waals surface area contributed by atoms with Crippen LogP contribution < -0.4 is 0 Å². The molecule has 1 aromatic rings. The molecule has 28 heavy (non-hydrogen) atoms. The number of phenols is 1. The Hall–Kier alpha value is -1.51. The van der Waals surface area contributed by atoms with Crippen LogP contribution in [0.15, 0.2) is 18.2 Å². The Morgan fingerprint density at radius 3 is 2.71 bits per heavy atom. The van der Waals surface area contributed by atoms with E-state index < -0.39 is 0 Å². The Morgan fingerprint density at radius 1 is 1.07 bits per heavy atom. The lowest BCUT2D eigenvalue weighted by Gasteiger charge is -2.50. The maximum absolute atomic E-state index is 12.8. The van der Waals surface area contributed by atoms with Crippen LogP contribution in [0.25, 0.3) is 0 Å². The van der Waals surface area contributed by atoms with Gasteiger partial charge in [-0.15, -0.1) is 0 Å². The van der Waals surface area contributed by atoms with E-state index in [1.807, 2.05) is 12.1 Å². The molecular formula is C25H34O3. The van der Waals surface area contributed by atoms with Crippen molar-refractivity contribution in [1.29, 1.82) is 0 Å². The number of aromatic hydroxyl groups is 1. The minimum atomic E-state index is 0.0955. The van der Waals surface area contributed by atoms with Crippen molar-refractivity contribution in [1.82, 2.24) is 0 Å². The van der Waals surface area contributed by atoms with Gasteiger partial charge in [0.1, 0.15) is 11.9 Å². The molecule has 3 heteroatoms. The summed E-state index contributed by atoms with van der Waals surface area (Å²) in [6.07, 6.45) is 12.7. The van der Waals surface area contributed by atoms with Crippen LogP contribution in [0.3, 0.4) is 0 Å². The highest BCUT2D eigenvalue weighted by molar-refractivity contribution is 5.72. The Balaban J connectivity index is 1.33. The van der Waals surface area contributed by atoms with Crippen molar-refractivity contribution < 1.29 is 14.6 Å². The Morgan fingerprint density at radius 2 is 1.89 bits per heavy atom. The highest BCUT2D eigenvalue weighted by Crippen LogP contribution is 2.61. The Bertz CT molecular complexity index is 750. The van der Waals surface area contributed by atoms with Gasteiger partial charge < -0.3 is 9.84 Å². The van der Waals surface area contributed by atoms with E-state index in [0.29, 0.717) is 23.5 Å². The first-order chi connectivity index (χ1) is 13.6. The van der Waals surface area contributed by atoms with Crippen LogP contribution in [-0.2, 0) is 16.0 Å². The number of rotatable bonds is 2. The molecule has 0 radical (unpaired) electrons. The number of phenolic OH excluding ortho intramolecular Hbond substituents is 1. The summed E-state index contributed by atoms with van der Waals surface area (Å²) in [6.45, 7) is 2.41. The minimum Gasteiger partial charge on any atom is -0.508 e. The van der Waals surface area contributed by atoms with Gasteiger partial charge in [-0.25, -0.2) is 0 Å². The van der Waals surface area contributed by atoms with Gasteiger partial charge in [-0.2, -0.15) is 0 Å². The number of hydrogen-bond donors (Lipinski definition) is 1. The average Bonchev–Trinajstić information content (AvgIpc) is 3.04. The summed E-state index contributed by atoms with van der Waals surface area (Å²) < 4.78 is 6.22. The Labute approximate surface area is 168 Å². The van der Waals surface area contributed by atoms with E-state index in [-0.39, 0.29) is 23.4 Å². The smallest absolute Gasteiger partial charge is 0.309 e. The number of hydrogen-bond acceptors (Lipinski definition) is 3. The molecule has 3 saturated carbocycles. The van der Waals surface area contributed by atoms with Gasteiger partial charge in [0.25, 0.3) is 0 Å². The largest absolute Gasteiger partial charge is 0.508 e. The molecule has 0 bridgehead atoms. The zero-order chi connectivity index (χ0) is 19.3. The fourth-order valence-electron chi connectivity index (χ4n) is 7.29. The second kappa shape index (κ2) is 7.07. The molecule has 1 N–H and O–H groups in total. The van der Waals surface area contributed by atoms with Crippen LogP contribution >= 0.6 is 0 Å². The van der Waals surface area contributed by atoms with Gasteiger partial charge in [0.2, 0.25) is 0 Å². The molecule has 0 saturated heterocycles. The third kappa shape index (κ3) is 2.97. The summed E-state index contributed by atoms with van der Waals surface area (Å²) in [5.41, 5.74) is 2.97. The fourth-order valence-corrected chi connectivity index (χ4v) is 7.29. The summed E-state index contributed by atoms with van der Waals surface area (Å²) in [6, 6.07) is 6.00. The second-order valence-corrected chi connectivity index (χ2v) is 10.2. The first kappa shape index (κ1) is 18.5. The lowest BCUT2D eigenvalue weighted by atomic mass is 9.55. The van der Waals surface area contributed by atoms with Gasteiger partial charge in [0.05, 0.1) is 5.92 Å². The van der Waals surface area contributed by atoms with E-state index in [1.165, 1.54) is 49.7 Å². The van der Waals surface area contributed by atoms with E-state index in [0.717, 1.165) is 32.1 Å². The van der Waals surface area contributed by atoms with Crippen molar-refractivity contribution in [3.8, 4) is 5.75 Å². The van der Waals surface area contributed by atoms with Crippen molar-refractivity contribution in [2.24, 2.45) is 23.2 Å². The monoisotopic (exact) mass is 382 g/mol. The van der Waals surface area contributed by atoms with Crippen molar-refractivity contribution in [2.45, 2.75) is 89.6 Å². The SMILES string of the molecule is C[C@]12CC[C@@H]3c4ccc(O)cc4CC[C@@H]3[C@H]1CC[C@@H]2OC(=O)C1CCCCC1. The normalized spacial score (nSPS) is 37.6. The van der Waals surface area contributed by atoms with Crippen LogP contribution in [0.5, 0.6) is 5.75 Å². The first-order valence-electron chi connectivity index (χ1n) is 11.6. The third-order valence-electron chi connectivity index (χ3n) is 8.82. The molecule has 0 heterocycles. The summed E-state index contributed by atoms with van der Waals surface area (Å²) >= 11 is 0. The van der Waals surface area contributed by atoms with Crippen molar-refractivity contribution in [3.05, 3.63) is 29.3 Å². The van der Waals surface area contributed by atoms with Crippen LogP contribution in [0, 0.1) is 23.2 Å². The third-order valence-corrected chi connectivity index (χ3v) is 8.82. The van der Waals surface area contributed by atoms with Crippen molar-refractivity contribution in [3.63, 3.8) is 0 Å². The number of benzene rings is 1. The Kier molecular flexibility index (Phi) is 4.68. The van der Waals surface area contributed by atoms with E-state index in [1.54, 1.807) is 0 Å². The summed E-state index contributed by atoms with van der Waals surface area (Å²) in [7, 11) is 0. The molecule has 4 aliphatic carbocycles. The molecule has 0 aromatic heterocycles. The van der Waals surface area contributed by atoms with E-state index >= 15 is 0 Å². The van der Waals surface area contributed by atoms with Gasteiger partial charge in [-0.1, -0.05) is 32.3 Å². The van der Waals surface area contributed by atoms with Crippen LogP contribution in [0.2, 0.25) is 0 Å². The molecule has 1 aromatic carbocycles. The maximum atomic E-state index is 12.8. The number of fused-ring (bicyclic) bond motifs is 5. The predicted octanol–water partition coefficient (Wildman–Crippen LogP) is 5.74. The highest BCUT2D eigenvalue weighted by Gasteiger charge is 2.56. The van der Waals surface area contributed by atoms with Gasteiger partial charge in [0.15, 0.2) is 0 Å². The number of aryl methyl sites for hydroxylation is 1. The average molecular weight is 383 g/mol. The molecule has 0 spiro atoms. The molecule has 4 aliphatic rings. The molecule has 0 amide bonds. The molecule has 152 valence electrons. The molecule has 3 fully saturated rings. The standard InChI is InChI=1S/C25H34O3/c1-25-14-13-20-19-10-8-18(26)15-17(19)7-9-21(20)22(25)11-12-23(25)28-24(27)16-5-3-2-4-6-16/h8,10,15-16,20-23,26H,2-7,9,11-14H2,1H3/t20-,21+,22-,23+,25+/m1/s1. The quantitative estimate of drug-likeness (QED) is 0.663. The minimum absolute atomic E-state index is 0.0955. The molecule has 5 atom stereocenters. The van der Waals surface area contributed by atoms with E-state index in [2.05, 4.69) is 13.0 Å². The fraction of sp³-hybridized carbons (Fsp3) is 0.720. The highest BCUT2D eigenvalue weighted by atomic mass is 16.5. The summed E-state index contributed by atoms with van der Waals surface area (Å²) in [5, 5.41) is 9.85. The lowest BCUT2D eigenvalue weighted by Crippen LogP contribution is -2.45. The van der Waals surface area contributed by atoms with Crippen LogP contribution in [0.1, 0.15) is 88.2 Å². The number of carbonyl (C=O) groups excluding carboxylic acids is 1. The lowest BCUT2D eigenvalue weighted by molar-refractivity contribution is -0.163. The summed E-state index contributed by atoms with van der Waals surface area (Å²) in [5.74, 6) is 2.63. The van der Waals surface area contributed by atoms with Crippen molar-refractivity contribution in [2.75, 3.05) is 0 Å². The maximum Gasteiger partial charge on any atom is 0.309 e. The van der Waals surface area contributed by atoms with Crippen LogP contribution in [0.4, 0.5) is 0 Å². The van der Waals surface area contributed by atoms with Gasteiger partial charge >= 0.3 is 5.97 Å². The topological polar surface area (TPSA) is 46.5 Å². The molecule has 0 unspecified atom stereocenters. The second-order valence-electron chi connectivity index (χ2n) is 10.2. The van der Waals surface area contributed by atoms with Gasteiger partial charge in [0, 0.05) is 5.41 Å². The molecule has 5 rings (SSSR count). The van der Waals surface area contributed by atoms with E-state index in [4.69, 9.17) is 4.74 Å². The van der Waals surface area contributed by atoms with Gasteiger partial charge in [-0.3, -0.25) is 4.79 Å². The molecular weight excluding hydrogens is 348 g/mol. The number of ether oxygens (including phenoxy) is 1. The number of carbonyl (C=O) groups is 1. The predicted molar refractivity (Wildman–Crippen MR) is 109 cm³/mol. The zero-order valence-corrected chi connectivity index (χ0v) is 17.2. The summed E-state index contributed by atoms with van der Waals surface area (Å²) in [4.78, 5) is 12.8. The van der Waals surface area contributed by atoms with Crippen LogP contribution in [-0.4, -0.2) is 17.2 Å².